The SMILES string of the molecule is CC(C)(Oc1cccc(CCCn2nc(C3CCCC3)c(=O)n(CC=CC(=O)O)c2=O)c1)C(=O)O. The molecule has 35 heavy (non-hydrogen) atoms. The maximum atomic E-state index is 13.0. The lowest BCUT2D eigenvalue weighted by atomic mass is 10.0. The highest BCUT2D eigenvalue weighted by Gasteiger charge is 2.29. The zero-order chi connectivity index (χ0) is 25.6. The van der Waals surface area contributed by atoms with Crippen LogP contribution in [0.4, 0.5) is 0 Å². The van der Waals surface area contributed by atoms with Gasteiger partial charge in [-0.25, -0.2) is 19.1 Å². The molecule has 1 saturated carbocycles. The summed E-state index contributed by atoms with van der Waals surface area (Å²) >= 11 is 0. The summed E-state index contributed by atoms with van der Waals surface area (Å²) in [6.45, 7) is 3.09. The molecule has 1 fully saturated rings. The highest BCUT2D eigenvalue weighted by Crippen LogP contribution is 2.31. The van der Waals surface area contributed by atoms with Crippen LogP contribution in [0.3, 0.4) is 0 Å². The number of aromatic nitrogens is 3. The molecular weight excluding hydrogens is 454 g/mol. The van der Waals surface area contributed by atoms with Crippen molar-refractivity contribution in [2.24, 2.45) is 0 Å². The predicted octanol–water partition coefficient (Wildman–Crippen LogP) is 2.58. The number of hydrogen-bond donors (Lipinski definition) is 2. The Bertz CT molecular complexity index is 1220. The van der Waals surface area contributed by atoms with Crippen molar-refractivity contribution < 1.29 is 24.5 Å². The largest absolute Gasteiger partial charge is 0.478 e. The second kappa shape index (κ2) is 11.2. The van der Waals surface area contributed by atoms with Gasteiger partial charge >= 0.3 is 17.6 Å². The number of rotatable bonds is 11. The fourth-order valence-corrected chi connectivity index (χ4v) is 4.14. The van der Waals surface area contributed by atoms with Crippen LogP contribution in [0.2, 0.25) is 0 Å². The van der Waals surface area contributed by atoms with Crippen LogP contribution in [0.5, 0.6) is 5.75 Å². The molecule has 0 atom stereocenters. The summed E-state index contributed by atoms with van der Waals surface area (Å²) in [5.41, 5.74) is -1.14. The van der Waals surface area contributed by atoms with Crippen molar-refractivity contribution in [3.8, 4) is 5.75 Å². The van der Waals surface area contributed by atoms with Crippen molar-refractivity contribution in [1.29, 1.82) is 0 Å². The number of allylic oxidation sites excluding steroid dienone is 1. The monoisotopic (exact) mass is 485 g/mol. The number of benzene rings is 1. The van der Waals surface area contributed by atoms with Crippen LogP contribution in [0.1, 0.15) is 63.1 Å². The molecule has 0 saturated heterocycles. The molecule has 1 aromatic carbocycles. The molecule has 3 rings (SSSR count). The van der Waals surface area contributed by atoms with E-state index in [0.717, 1.165) is 41.9 Å². The molecule has 188 valence electrons. The van der Waals surface area contributed by atoms with E-state index in [0.29, 0.717) is 24.3 Å². The normalized spacial score (nSPS) is 14.5. The van der Waals surface area contributed by atoms with Crippen molar-refractivity contribution in [2.75, 3.05) is 0 Å². The summed E-state index contributed by atoms with van der Waals surface area (Å²) in [5, 5.41) is 22.5. The van der Waals surface area contributed by atoms with Gasteiger partial charge < -0.3 is 14.9 Å². The van der Waals surface area contributed by atoms with Crippen molar-refractivity contribution in [3.05, 3.63) is 68.5 Å². The Morgan fingerprint density at radius 3 is 2.57 bits per heavy atom. The topological polar surface area (TPSA) is 141 Å². The summed E-state index contributed by atoms with van der Waals surface area (Å²) < 4.78 is 7.92. The third-order valence-corrected chi connectivity index (χ3v) is 6.06. The Balaban J connectivity index is 1.78. The summed E-state index contributed by atoms with van der Waals surface area (Å²) in [5.74, 6) is -1.79. The van der Waals surface area contributed by atoms with Gasteiger partial charge in [-0.2, -0.15) is 5.10 Å². The van der Waals surface area contributed by atoms with E-state index in [1.807, 2.05) is 6.07 Å². The lowest BCUT2D eigenvalue weighted by Crippen LogP contribution is -2.44. The van der Waals surface area contributed by atoms with E-state index < -0.39 is 28.8 Å². The third kappa shape index (κ3) is 6.68. The van der Waals surface area contributed by atoms with Crippen molar-refractivity contribution >= 4 is 11.9 Å². The van der Waals surface area contributed by atoms with Crippen LogP contribution < -0.4 is 16.0 Å². The highest BCUT2D eigenvalue weighted by atomic mass is 16.5. The molecule has 0 spiro atoms. The predicted molar refractivity (Wildman–Crippen MR) is 128 cm³/mol. The average Bonchev–Trinajstić information content (AvgIpc) is 3.32. The van der Waals surface area contributed by atoms with Crippen LogP contribution in [-0.2, 0) is 29.1 Å². The minimum Gasteiger partial charge on any atom is -0.478 e. The first-order valence-corrected chi connectivity index (χ1v) is 11.7. The second-order valence-corrected chi connectivity index (χ2v) is 9.20. The summed E-state index contributed by atoms with van der Waals surface area (Å²) in [6.07, 6.45) is 6.99. The second-order valence-electron chi connectivity index (χ2n) is 9.20. The van der Waals surface area contributed by atoms with Crippen LogP contribution in [-0.4, -0.2) is 42.1 Å². The number of carboxylic acid groups (broad SMARTS) is 2. The Morgan fingerprint density at radius 2 is 1.91 bits per heavy atom. The van der Waals surface area contributed by atoms with Gasteiger partial charge in [-0.05, 0) is 57.2 Å². The summed E-state index contributed by atoms with van der Waals surface area (Å²) in [6, 6.07) is 7.12. The molecule has 0 bridgehead atoms. The summed E-state index contributed by atoms with van der Waals surface area (Å²) in [4.78, 5) is 48.0. The minimum absolute atomic E-state index is 0.00419. The quantitative estimate of drug-likeness (QED) is 0.463. The van der Waals surface area contributed by atoms with E-state index in [1.54, 1.807) is 18.2 Å². The van der Waals surface area contributed by atoms with Crippen LogP contribution >= 0.6 is 0 Å². The molecule has 1 aliphatic rings. The number of ether oxygens (including phenoxy) is 1. The highest BCUT2D eigenvalue weighted by molar-refractivity contribution is 5.79. The molecule has 2 N–H and O–H groups in total. The minimum atomic E-state index is -1.37. The number of nitrogens with zero attached hydrogens (tertiary/aromatic N) is 3. The molecule has 1 aliphatic carbocycles. The van der Waals surface area contributed by atoms with Gasteiger partial charge in [-0.15, -0.1) is 0 Å². The number of aliphatic carboxylic acids is 2. The molecule has 2 aromatic rings. The smallest absolute Gasteiger partial charge is 0.347 e. The van der Waals surface area contributed by atoms with Gasteiger partial charge in [-0.1, -0.05) is 31.1 Å². The Morgan fingerprint density at radius 1 is 1.20 bits per heavy atom. The Hall–Kier alpha value is -3.69. The van der Waals surface area contributed by atoms with Gasteiger partial charge in [-0.3, -0.25) is 9.36 Å². The Kier molecular flexibility index (Phi) is 8.26. The number of aryl methyl sites for hydroxylation is 2. The lowest BCUT2D eigenvalue weighted by Gasteiger charge is -2.21. The number of carboxylic acids is 2. The first kappa shape index (κ1) is 25.9. The van der Waals surface area contributed by atoms with Crippen LogP contribution in [0.25, 0.3) is 0 Å². The van der Waals surface area contributed by atoms with E-state index in [1.165, 1.54) is 24.6 Å². The first-order valence-electron chi connectivity index (χ1n) is 11.7. The standard InChI is InChI=1S/C25H31N3O7/c1-25(2,23(32)33)35-19-12-5-8-17(16-19)9-6-15-28-24(34)27(14-7-13-20(29)30)22(31)21(26-28)18-10-3-4-11-18/h5,7-8,12-13,16,18H,3-4,6,9-11,14-15H2,1-2H3,(H,29,30)(H,32,33). The van der Waals surface area contributed by atoms with Crippen LogP contribution in [0.15, 0.2) is 46.0 Å². The molecule has 1 heterocycles. The number of carbonyl (C=O) groups is 2. The maximum absolute atomic E-state index is 13.0. The summed E-state index contributed by atoms with van der Waals surface area (Å²) in [7, 11) is 0. The first-order chi connectivity index (χ1) is 16.6. The molecule has 0 amide bonds. The molecule has 1 aromatic heterocycles. The van der Waals surface area contributed by atoms with Gasteiger partial charge in [0, 0.05) is 25.1 Å². The van der Waals surface area contributed by atoms with Crippen molar-refractivity contribution in [3.63, 3.8) is 0 Å². The van der Waals surface area contributed by atoms with E-state index in [4.69, 9.17) is 9.84 Å². The lowest BCUT2D eigenvalue weighted by molar-refractivity contribution is -0.152. The van der Waals surface area contributed by atoms with E-state index in [2.05, 4.69) is 5.10 Å². The molecule has 0 aliphatic heterocycles. The number of hydrogen-bond acceptors (Lipinski definition) is 6. The van der Waals surface area contributed by atoms with Gasteiger partial charge in [0.1, 0.15) is 11.4 Å². The molecule has 10 nitrogen and oxygen atoms in total. The molecule has 0 unspecified atom stereocenters. The van der Waals surface area contributed by atoms with Gasteiger partial charge in [0.2, 0.25) is 0 Å². The molecule has 10 heteroatoms. The van der Waals surface area contributed by atoms with Crippen LogP contribution in [0, 0.1) is 0 Å². The average molecular weight is 486 g/mol. The Labute approximate surface area is 202 Å². The van der Waals surface area contributed by atoms with Gasteiger partial charge in [0.25, 0.3) is 5.56 Å². The van der Waals surface area contributed by atoms with Gasteiger partial charge in [0.05, 0.1) is 0 Å². The van der Waals surface area contributed by atoms with E-state index in [9.17, 15) is 24.3 Å². The van der Waals surface area contributed by atoms with E-state index >= 15 is 0 Å². The third-order valence-electron chi connectivity index (χ3n) is 6.06. The maximum Gasteiger partial charge on any atom is 0.347 e. The zero-order valence-electron chi connectivity index (χ0n) is 20.0. The molecule has 0 radical (unpaired) electrons. The molecular formula is C25H31N3O7. The van der Waals surface area contributed by atoms with Crippen molar-refractivity contribution in [1.82, 2.24) is 14.3 Å². The zero-order valence-corrected chi connectivity index (χ0v) is 20.0. The fourth-order valence-electron chi connectivity index (χ4n) is 4.14. The fraction of sp³-hybridized carbons (Fsp3) is 0.480. The van der Waals surface area contributed by atoms with Gasteiger partial charge in [0.15, 0.2) is 5.60 Å². The van der Waals surface area contributed by atoms with Crippen molar-refractivity contribution in [2.45, 2.75) is 77.0 Å². The van der Waals surface area contributed by atoms with E-state index in [-0.39, 0.29) is 19.0 Å².